The van der Waals surface area contributed by atoms with E-state index in [-0.39, 0.29) is 11.5 Å². The van der Waals surface area contributed by atoms with Crippen molar-refractivity contribution in [2.75, 3.05) is 0 Å². The third-order valence-corrected chi connectivity index (χ3v) is 5.38. The van der Waals surface area contributed by atoms with E-state index in [2.05, 4.69) is 9.97 Å². The van der Waals surface area contributed by atoms with Gasteiger partial charge in [0.25, 0.3) is 5.56 Å². The van der Waals surface area contributed by atoms with Crippen molar-refractivity contribution < 1.29 is 9.90 Å². The van der Waals surface area contributed by atoms with E-state index < -0.39 is 5.97 Å². The summed E-state index contributed by atoms with van der Waals surface area (Å²) < 4.78 is 1.66. The molecule has 130 valence electrons. The molecular weight excluding hydrogens is 318 g/mol. The number of rotatable bonds is 3. The number of hydrogen-bond donors (Lipinski definition) is 2. The van der Waals surface area contributed by atoms with Crippen molar-refractivity contribution in [2.24, 2.45) is 11.8 Å². The highest BCUT2D eigenvalue weighted by Gasteiger charge is 2.26. The molecule has 1 fully saturated rings. The highest BCUT2D eigenvalue weighted by Crippen LogP contribution is 2.30. The summed E-state index contributed by atoms with van der Waals surface area (Å²) >= 11 is 0. The van der Waals surface area contributed by atoms with Gasteiger partial charge in [-0.2, -0.15) is 0 Å². The minimum atomic E-state index is -0.702. The number of aliphatic carboxylic acids is 1. The Hall–Kier alpha value is -2.63. The first-order valence-electron chi connectivity index (χ1n) is 8.73. The molecule has 6 nitrogen and oxygen atoms in total. The van der Waals surface area contributed by atoms with Gasteiger partial charge in [0.05, 0.1) is 12.2 Å². The molecule has 2 heterocycles. The van der Waals surface area contributed by atoms with E-state index in [1.54, 1.807) is 10.9 Å². The Morgan fingerprint density at radius 1 is 1.32 bits per heavy atom. The van der Waals surface area contributed by atoms with E-state index in [4.69, 9.17) is 5.11 Å². The van der Waals surface area contributed by atoms with Crippen LogP contribution in [0.1, 0.15) is 31.2 Å². The minimum Gasteiger partial charge on any atom is -0.481 e. The van der Waals surface area contributed by atoms with Crippen molar-refractivity contribution in [2.45, 2.75) is 39.2 Å². The van der Waals surface area contributed by atoms with Crippen molar-refractivity contribution in [3.05, 3.63) is 40.4 Å². The second-order valence-corrected chi connectivity index (χ2v) is 7.16. The molecule has 1 aliphatic carbocycles. The van der Waals surface area contributed by atoms with Crippen LogP contribution in [-0.2, 0) is 11.3 Å². The topological polar surface area (TPSA) is 88.0 Å². The van der Waals surface area contributed by atoms with Gasteiger partial charge in [0.1, 0.15) is 11.0 Å². The van der Waals surface area contributed by atoms with Crippen LogP contribution in [0.5, 0.6) is 0 Å². The standard InChI is InChI=1S/C19H21N3O3/c1-11-2-7-15-14(8-11)16-17(21-15)18(23)22(10-20-16)9-12-3-5-13(6-4-12)19(24)25/h2,7-8,10,12-13,21H,3-6,9H2,1H3,(H,24,25). The molecule has 0 radical (unpaired) electrons. The number of H-pyrrole nitrogens is 1. The van der Waals surface area contributed by atoms with Crippen LogP contribution in [0.2, 0.25) is 0 Å². The second kappa shape index (κ2) is 6.02. The van der Waals surface area contributed by atoms with Crippen LogP contribution in [0, 0.1) is 18.8 Å². The summed E-state index contributed by atoms with van der Waals surface area (Å²) in [5.74, 6) is -0.600. The lowest BCUT2D eigenvalue weighted by atomic mass is 9.82. The molecule has 0 amide bonds. The summed E-state index contributed by atoms with van der Waals surface area (Å²) in [5, 5.41) is 10.1. The zero-order valence-electron chi connectivity index (χ0n) is 14.2. The van der Waals surface area contributed by atoms with Gasteiger partial charge >= 0.3 is 5.97 Å². The molecule has 1 saturated carbocycles. The first-order chi connectivity index (χ1) is 12.0. The Kier molecular flexibility index (Phi) is 3.82. The Balaban J connectivity index is 1.63. The number of aromatic nitrogens is 3. The number of carbonyl (C=O) groups is 1. The fourth-order valence-corrected chi connectivity index (χ4v) is 3.90. The van der Waals surface area contributed by atoms with Gasteiger partial charge in [0.2, 0.25) is 0 Å². The van der Waals surface area contributed by atoms with Crippen LogP contribution >= 0.6 is 0 Å². The fraction of sp³-hybridized carbons (Fsp3) is 0.421. The van der Waals surface area contributed by atoms with E-state index in [1.165, 1.54) is 0 Å². The van der Waals surface area contributed by atoms with Crippen LogP contribution in [0.25, 0.3) is 21.9 Å². The molecule has 3 aromatic rings. The number of hydrogen-bond acceptors (Lipinski definition) is 3. The Bertz CT molecular complexity index is 1010. The predicted molar refractivity (Wildman–Crippen MR) is 95.7 cm³/mol. The molecule has 25 heavy (non-hydrogen) atoms. The molecule has 4 rings (SSSR count). The number of fused-ring (bicyclic) bond motifs is 3. The van der Waals surface area contributed by atoms with Crippen LogP contribution in [0.4, 0.5) is 0 Å². The minimum absolute atomic E-state index is 0.0563. The van der Waals surface area contributed by atoms with Gasteiger partial charge in [0.15, 0.2) is 0 Å². The molecule has 0 unspecified atom stereocenters. The lowest BCUT2D eigenvalue weighted by molar-refractivity contribution is -0.143. The summed E-state index contributed by atoms with van der Waals surface area (Å²) in [7, 11) is 0. The molecule has 0 aliphatic heterocycles. The zero-order valence-corrected chi connectivity index (χ0v) is 14.2. The van der Waals surface area contributed by atoms with Crippen molar-refractivity contribution in [1.82, 2.24) is 14.5 Å². The molecule has 0 atom stereocenters. The van der Waals surface area contributed by atoms with E-state index in [9.17, 15) is 9.59 Å². The number of nitrogens with one attached hydrogen (secondary N) is 1. The number of aryl methyl sites for hydroxylation is 1. The third kappa shape index (κ3) is 2.81. The molecule has 2 aromatic heterocycles. The summed E-state index contributed by atoms with van der Waals surface area (Å²) in [6.07, 6.45) is 4.69. The monoisotopic (exact) mass is 339 g/mol. The Morgan fingerprint density at radius 3 is 2.80 bits per heavy atom. The van der Waals surface area contributed by atoms with Crippen LogP contribution in [0.3, 0.4) is 0 Å². The van der Waals surface area contributed by atoms with Crippen LogP contribution in [0.15, 0.2) is 29.3 Å². The van der Waals surface area contributed by atoms with E-state index >= 15 is 0 Å². The molecule has 0 spiro atoms. The third-order valence-electron chi connectivity index (χ3n) is 5.38. The van der Waals surface area contributed by atoms with Gasteiger partial charge in [-0.05, 0) is 50.7 Å². The summed E-state index contributed by atoms with van der Waals surface area (Å²) in [4.78, 5) is 31.6. The quantitative estimate of drug-likeness (QED) is 0.767. The van der Waals surface area contributed by atoms with Crippen LogP contribution < -0.4 is 5.56 Å². The average Bonchev–Trinajstić information content (AvgIpc) is 2.96. The maximum atomic E-state index is 12.8. The smallest absolute Gasteiger partial charge is 0.306 e. The van der Waals surface area contributed by atoms with Gasteiger partial charge in [-0.1, -0.05) is 11.6 Å². The van der Waals surface area contributed by atoms with Gasteiger partial charge in [-0.15, -0.1) is 0 Å². The highest BCUT2D eigenvalue weighted by molar-refractivity contribution is 6.04. The average molecular weight is 339 g/mol. The number of carboxylic acids is 1. The lowest BCUT2D eigenvalue weighted by Gasteiger charge is -2.26. The van der Waals surface area contributed by atoms with Gasteiger partial charge in [-0.3, -0.25) is 14.2 Å². The maximum absolute atomic E-state index is 12.8. The second-order valence-electron chi connectivity index (χ2n) is 7.16. The maximum Gasteiger partial charge on any atom is 0.306 e. The Labute approximate surface area is 144 Å². The van der Waals surface area contributed by atoms with Gasteiger partial charge < -0.3 is 10.1 Å². The molecule has 0 bridgehead atoms. The molecule has 6 heteroatoms. The van der Waals surface area contributed by atoms with Crippen LogP contribution in [-0.4, -0.2) is 25.6 Å². The molecule has 1 aromatic carbocycles. The summed E-state index contributed by atoms with van der Waals surface area (Å²) in [5.41, 5.74) is 3.26. The number of nitrogens with zero attached hydrogens (tertiary/aromatic N) is 2. The van der Waals surface area contributed by atoms with E-state index in [0.717, 1.165) is 34.8 Å². The normalized spacial score (nSPS) is 21.0. The number of carboxylic acid groups (broad SMARTS) is 1. The lowest BCUT2D eigenvalue weighted by Crippen LogP contribution is -2.28. The van der Waals surface area contributed by atoms with E-state index in [1.807, 2.05) is 25.1 Å². The summed E-state index contributed by atoms with van der Waals surface area (Å²) in [6.45, 7) is 2.62. The van der Waals surface area contributed by atoms with Crippen molar-refractivity contribution in [1.29, 1.82) is 0 Å². The predicted octanol–water partition coefficient (Wildman–Crippen LogP) is 3.08. The highest BCUT2D eigenvalue weighted by atomic mass is 16.4. The number of aromatic amines is 1. The Morgan fingerprint density at radius 2 is 2.08 bits per heavy atom. The number of benzene rings is 1. The van der Waals surface area contributed by atoms with Crippen molar-refractivity contribution >= 4 is 27.9 Å². The zero-order chi connectivity index (χ0) is 17.6. The van der Waals surface area contributed by atoms with Gasteiger partial charge in [-0.25, -0.2) is 4.98 Å². The van der Waals surface area contributed by atoms with E-state index in [0.29, 0.717) is 30.8 Å². The van der Waals surface area contributed by atoms with Crippen molar-refractivity contribution in [3.63, 3.8) is 0 Å². The molecular formula is C19H21N3O3. The van der Waals surface area contributed by atoms with Crippen molar-refractivity contribution in [3.8, 4) is 0 Å². The fourth-order valence-electron chi connectivity index (χ4n) is 3.90. The van der Waals surface area contributed by atoms with Gasteiger partial charge in [0, 0.05) is 17.4 Å². The SMILES string of the molecule is Cc1ccc2[nH]c3c(=O)n(CC4CCC(C(=O)O)CC4)cnc3c2c1. The first-order valence-corrected chi connectivity index (χ1v) is 8.73. The molecule has 0 saturated heterocycles. The first kappa shape index (κ1) is 15.9. The largest absolute Gasteiger partial charge is 0.481 e. The summed E-state index contributed by atoms with van der Waals surface area (Å²) in [6, 6.07) is 6.03. The molecule has 1 aliphatic rings. The molecule has 2 N–H and O–H groups in total.